The van der Waals surface area contributed by atoms with Crippen LogP contribution in [-0.4, -0.2) is 0 Å². The van der Waals surface area contributed by atoms with Gasteiger partial charge in [-0.25, -0.2) is 0 Å². The third-order valence-electron chi connectivity index (χ3n) is 12.5. The molecule has 11 aromatic rings. The van der Waals surface area contributed by atoms with Crippen LogP contribution in [-0.2, 0) is 5.41 Å². The lowest BCUT2D eigenvalue weighted by Gasteiger charge is -2.34. The smallest absolute Gasteiger partial charge is 0.0728 e. The van der Waals surface area contributed by atoms with Gasteiger partial charge in [-0.1, -0.05) is 200 Å². The van der Waals surface area contributed by atoms with Gasteiger partial charge in [0.05, 0.1) is 5.41 Å². The quantitative estimate of drug-likeness (QED) is 0.154. The summed E-state index contributed by atoms with van der Waals surface area (Å²) in [7, 11) is 0. The summed E-state index contributed by atoms with van der Waals surface area (Å²) in [5.74, 6) is 0. The van der Waals surface area contributed by atoms with Crippen molar-refractivity contribution in [3.8, 4) is 43.8 Å². The zero-order valence-corrected chi connectivity index (χ0v) is 32.5. The highest BCUT2D eigenvalue weighted by Crippen LogP contribution is 2.61. The Balaban J connectivity index is 1.09. The van der Waals surface area contributed by atoms with Crippen LogP contribution in [0.2, 0.25) is 0 Å². The number of thiophene rings is 1. The third-order valence-corrected chi connectivity index (χ3v) is 13.7. The number of hydrogen-bond donors (Lipinski definition) is 0. The molecule has 1 aromatic heterocycles. The summed E-state index contributed by atoms with van der Waals surface area (Å²) in [5, 5.41) is 8.91. The van der Waals surface area contributed by atoms with Crippen LogP contribution >= 0.6 is 11.3 Å². The number of benzene rings is 10. The van der Waals surface area contributed by atoms with Crippen LogP contribution in [0.5, 0.6) is 0 Å². The largest absolute Gasteiger partial charge is 0.135 e. The summed E-state index contributed by atoms with van der Waals surface area (Å²) in [6, 6.07) is 81.3. The standard InChI is InChI=1S/C57H36S/c1-3-17-43(18-4-1)57(44-19-5-2-6-20-44)51-36-42(33-34-49(51)56-55(57)50-25-13-14-26-52(50)58-56)54-47-23-11-9-21-45(47)53(46-22-10-12-24-48(46)54)39-30-27-38(28-31-39)41-32-29-37-15-7-8-16-40(37)35-41/h1-36H. The molecule has 0 saturated heterocycles. The molecule has 58 heavy (non-hydrogen) atoms. The molecule has 0 radical (unpaired) electrons. The highest BCUT2D eigenvalue weighted by atomic mass is 32.1. The summed E-state index contributed by atoms with van der Waals surface area (Å²) in [5.41, 5.74) is 13.6. The van der Waals surface area contributed by atoms with E-state index in [1.54, 1.807) is 0 Å². The predicted octanol–water partition coefficient (Wildman–Crippen LogP) is 15.7. The molecule has 1 heterocycles. The molecule has 0 nitrogen and oxygen atoms in total. The first-order valence-corrected chi connectivity index (χ1v) is 20.9. The lowest BCUT2D eigenvalue weighted by Crippen LogP contribution is -2.28. The second-order valence-corrected chi connectivity index (χ2v) is 16.6. The first-order chi connectivity index (χ1) is 28.8. The summed E-state index contributed by atoms with van der Waals surface area (Å²) in [6.07, 6.45) is 0. The Bertz CT molecular complexity index is 3270. The fraction of sp³-hybridized carbons (Fsp3) is 0.0175. The van der Waals surface area contributed by atoms with Crippen molar-refractivity contribution in [1.82, 2.24) is 0 Å². The van der Waals surface area contributed by atoms with Crippen LogP contribution in [0.1, 0.15) is 22.3 Å². The molecule has 1 aliphatic rings. The molecule has 1 aliphatic carbocycles. The fourth-order valence-electron chi connectivity index (χ4n) is 10.0. The van der Waals surface area contributed by atoms with Gasteiger partial charge in [0.15, 0.2) is 0 Å². The summed E-state index contributed by atoms with van der Waals surface area (Å²) >= 11 is 1.93. The van der Waals surface area contributed by atoms with Gasteiger partial charge in [-0.3, -0.25) is 0 Å². The van der Waals surface area contributed by atoms with E-state index in [2.05, 4.69) is 218 Å². The van der Waals surface area contributed by atoms with Crippen LogP contribution in [0.15, 0.2) is 218 Å². The maximum absolute atomic E-state index is 2.53. The van der Waals surface area contributed by atoms with E-state index in [-0.39, 0.29) is 0 Å². The van der Waals surface area contributed by atoms with Gasteiger partial charge in [0.2, 0.25) is 0 Å². The van der Waals surface area contributed by atoms with Crippen LogP contribution in [0.4, 0.5) is 0 Å². The van der Waals surface area contributed by atoms with Crippen LogP contribution in [0.25, 0.3) is 86.2 Å². The topological polar surface area (TPSA) is 0 Å². The van der Waals surface area contributed by atoms with Crippen molar-refractivity contribution in [2.75, 3.05) is 0 Å². The Labute approximate surface area is 342 Å². The van der Waals surface area contributed by atoms with Gasteiger partial charge >= 0.3 is 0 Å². The van der Waals surface area contributed by atoms with Crippen molar-refractivity contribution >= 4 is 53.7 Å². The van der Waals surface area contributed by atoms with Gasteiger partial charge in [0.25, 0.3) is 0 Å². The van der Waals surface area contributed by atoms with Crippen molar-refractivity contribution in [3.63, 3.8) is 0 Å². The average Bonchev–Trinajstić information content (AvgIpc) is 3.82. The van der Waals surface area contributed by atoms with E-state index < -0.39 is 5.41 Å². The Hall–Kier alpha value is -7.06. The molecule has 0 saturated carbocycles. The minimum atomic E-state index is -0.485. The lowest BCUT2D eigenvalue weighted by atomic mass is 9.67. The number of fused-ring (bicyclic) bond motifs is 8. The van der Waals surface area contributed by atoms with E-state index >= 15 is 0 Å². The van der Waals surface area contributed by atoms with Gasteiger partial charge in [-0.05, 0) is 117 Å². The highest BCUT2D eigenvalue weighted by molar-refractivity contribution is 7.22. The van der Waals surface area contributed by atoms with E-state index in [9.17, 15) is 0 Å². The molecule has 0 fully saturated rings. The minimum absolute atomic E-state index is 0.485. The van der Waals surface area contributed by atoms with E-state index in [1.807, 2.05) is 11.3 Å². The molecule has 1 heteroatoms. The molecular weight excluding hydrogens is 717 g/mol. The average molecular weight is 753 g/mol. The van der Waals surface area contributed by atoms with Crippen LogP contribution in [0.3, 0.4) is 0 Å². The molecule has 0 spiro atoms. The van der Waals surface area contributed by atoms with Crippen molar-refractivity contribution in [2.45, 2.75) is 5.41 Å². The van der Waals surface area contributed by atoms with Crippen molar-refractivity contribution in [2.24, 2.45) is 0 Å². The Morgan fingerprint density at radius 2 is 0.810 bits per heavy atom. The first kappa shape index (κ1) is 33.1. The van der Waals surface area contributed by atoms with Gasteiger partial charge in [-0.2, -0.15) is 0 Å². The minimum Gasteiger partial charge on any atom is -0.135 e. The molecule has 270 valence electrons. The second kappa shape index (κ2) is 13.0. The lowest BCUT2D eigenvalue weighted by molar-refractivity contribution is 0.777. The molecule has 0 N–H and O–H groups in total. The summed E-state index contributed by atoms with van der Waals surface area (Å²) < 4.78 is 1.33. The second-order valence-electron chi connectivity index (χ2n) is 15.5. The first-order valence-electron chi connectivity index (χ1n) is 20.1. The Kier molecular flexibility index (Phi) is 7.42. The maximum atomic E-state index is 2.53. The fourth-order valence-corrected chi connectivity index (χ4v) is 11.3. The van der Waals surface area contributed by atoms with Crippen LogP contribution in [0, 0.1) is 0 Å². The van der Waals surface area contributed by atoms with Gasteiger partial charge in [-0.15, -0.1) is 11.3 Å². The van der Waals surface area contributed by atoms with Crippen molar-refractivity contribution in [3.05, 3.63) is 241 Å². The monoisotopic (exact) mass is 752 g/mol. The van der Waals surface area contributed by atoms with Gasteiger partial charge in [0, 0.05) is 9.58 Å². The molecule has 0 amide bonds. The Morgan fingerprint density at radius 3 is 1.45 bits per heavy atom. The third kappa shape index (κ3) is 4.81. The number of hydrogen-bond acceptors (Lipinski definition) is 1. The highest BCUT2D eigenvalue weighted by Gasteiger charge is 2.48. The van der Waals surface area contributed by atoms with E-state index in [0.29, 0.717) is 0 Å². The summed E-state index contributed by atoms with van der Waals surface area (Å²) in [6.45, 7) is 0. The summed E-state index contributed by atoms with van der Waals surface area (Å²) in [4.78, 5) is 1.37. The normalized spacial score (nSPS) is 13.0. The molecule has 12 rings (SSSR count). The molecule has 10 aromatic carbocycles. The zero-order chi connectivity index (χ0) is 38.2. The van der Waals surface area contributed by atoms with Gasteiger partial charge < -0.3 is 0 Å². The zero-order valence-electron chi connectivity index (χ0n) is 31.7. The molecule has 0 aliphatic heterocycles. The molecule has 0 atom stereocenters. The molecule has 0 bridgehead atoms. The predicted molar refractivity (Wildman–Crippen MR) is 248 cm³/mol. The van der Waals surface area contributed by atoms with E-state index in [0.717, 1.165) is 0 Å². The Morgan fingerprint density at radius 1 is 0.328 bits per heavy atom. The molecule has 0 unspecified atom stereocenters. The molecular formula is C57H36S. The van der Waals surface area contributed by atoms with E-state index in [4.69, 9.17) is 0 Å². The van der Waals surface area contributed by atoms with Gasteiger partial charge in [0.1, 0.15) is 0 Å². The number of rotatable bonds is 5. The van der Waals surface area contributed by atoms with Crippen LogP contribution < -0.4 is 0 Å². The van der Waals surface area contributed by atoms with Crippen molar-refractivity contribution in [1.29, 1.82) is 0 Å². The van der Waals surface area contributed by atoms with E-state index in [1.165, 1.54) is 108 Å². The SMILES string of the molecule is c1ccc(C2(c3ccccc3)c3cc(-c4c5ccccc5c(-c5ccc(-c6ccc7ccccc7c6)cc5)c5ccccc45)ccc3-c3sc4ccccc4c32)cc1. The van der Waals surface area contributed by atoms with Crippen molar-refractivity contribution < 1.29 is 0 Å². The maximum Gasteiger partial charge on any atom is 0.0728 e.